The average Bonchev–Trinajstić information content (AvgIpc) is 2.76. The van der Waals surface area contributed by atoms with Gasteiger partial charge in [-0.25, -0.2) is 9.88 Å². The molecule has 1 saturated heterocycles. The van der Waals surface area contributed by atoms with E-state index in [1.807, 2.05) is 13.0 Å². The number of aryl methyl sites for hydroxylation is 1. The van der Waals surface area contributed by atoms with Crippen LogP contribution in [-0.2, 0) is 9.59 Å². The minimum atomic E-state index is -0.462. The van der Waals surface area contributed by atoms with Crippen molar-refractivity contribution in [2.75, 3.05) is 4.90 Å². The number of aromatic nitrogens is 1. The Morgan fingerprint density at radius 2 is 1.90 bits per heavy atom. The summed E-state index contributed by atoms with van der Waals surface area (Å²) in [4.78, 5) is 30.2. The summed E-state index contributed by atoms with van der Waals surface area (Å²) in [7, 11) is 0. The fraction of sp³-hybridized carbons (Fsp3) is 0.188. The molecule has 1 aromatic heterocycles. The topological polar surface area (TPSA) is 50.3 Å². The van der Waals surface area contributed by atoms with Crippen molar-refractivity contribution in [2.45, 2.75) is 19.3 Å². The number of benzene rings is 1. The van der Waals surface area contributed by atoms with Gasteiger partial charge in [0.25, 0.3) is 0 Å². The molecule has 0 N–H and O–H groups in total. The third kappa shape index (κ3) is 2.43. The molecule has 1 atom stereocenters. The summed E-state index contributed by atoms with van der Waals surface area (Å²) in [6.45, 7) is 1.83. The van der Waals surface area contributed by atoms with E-state index in [0.717, 1.165) is 11.1 Å². The Hall–Kier alpha value is -2.20. The highest BCUT2D eigenvalue weighted by atomic mass is 35.5. The number of hydrogen-bond donors (Lipinski definition) is 0. The molecule has 5 heteroatoms. The number of rotatable bonds is 2. The highest BCUT2D eigenvalue weighted by molar-refractivity contribution is 6.30. The summed E-state index contributed by atoms with van der Waals surface area (Å²) < 4.78 is 0. The Bertz CT molecular complexity index is 712. The Morgan fingerprint density at radius 1 is 1.19 bits per heavy atom. The smallest absolute Gasteiger partial charge is 0.243 e. The second kappa shape index (κ2) is 5.30. The van der Waals surface area contributed by atoms with Crippen LogP contribution < -0.4 is 4.90 Å². The van der Waals surface area contributed by atoms with Crippen LogP contribution in [0.15, 0.2) is 42.6 Å². The van der Waals surface area contributed by atoms with Crippen molar-refractivity contribution in [3.05, 3.63) is 58.7 Å². The minimum absolute atomic E-state index is 0.163. The van der Waals surface area contributed by atoms with Crippen LogP contribution in [0.2, 0.25) is 5.02 Å². The highest BCUT2D eigenvalue weighted by Crippen LogP contribution is 2.33. The average molecular weight is 301 g/mol. The molecule has 0 aliphatic carbocycles. The Morgan fingerprint density at radius 3 is 2.57 bits per heavy atom. The van der Waals surface area contributed by atoms with Gasteiger partial charge < -0.3 is 0 Å². The van der Waals surface area contributed by atoms with E-state index >= 15 is 0 Å². The largest absolute Gasteiger partial charge is 0.274 e. The molecule has 1 aliphatic rings. The molecule has 21 heavy (non-hydrogen) atoms. The summed E-state index contributed by atoms with van der Waals surface area (Å²) in [6, 6.07) is 10.6. The molecule has 106 valence electrons. The normalized spacial score (nSPS) is 18.4. The molecule has 1 aliphatic heterocycles. The quantitative estimate of drug-likeness (QED) is 0.801. The molecule has 1 unspecified atom stereocenters. The molecule has 1 aromatic carbocycles. The number of nitrogens with zero attached hydrogens (tertiary/aromatic N) is 2. The molecule has 0 saturated carbocycles. The van der Waals surface area contributed by atoms with Gasteiger partial charge in [-0.3, -0.25) is 9.59 Å². The van der Waals surface area contributed by atoms with Crippen LogP contribution in [0.1, 0.15) is 23.5 Å². The zero-order valence-corrected chi connectivity index (χ0v) is 12.2. The van der Waals surface area contributed by atoms with Crippen molar-refractivity contribution >= 4 is 29.2 Å². The van der Waals surface area contributed by atoms with E-state index in [1.54, 1.807) is 36.5 Å². The first-order chi connectivity index (χ1) is 10.1. The lowest BCUT2D eigenvalue weighted by atomic mass is 9.98. The van der Waals surface area contributed by atoms with Crippen LogP contribution in [0.25, 0.3) is 0 Å². The van der Waals surface area contributed by atoms with Gasteiger partial charge in [-0.2, -0.15) is 0 Å². The number of halogens is 1. The van der Waals surface area contributed by atoms with Crippen LogP contribution in [0, 0.1) is 6.92 Å². The number of carbonyl (C=O) groups is 2. The van der Waals surface area contributed by atoms with Crippen molar-refractivity contribution < 1.29 is 9.59 Å². The molecule has 0 bridgehead atoms. The van der Waals surface area contributed by atoms with Crippen LogP contribution in [-0.4, -0.2) is 16.8 Å². The number of imide groups is 1. The lowest BCUT2D eigenvalue weighted by molar-refractivity contribution is -0.121. The first-order valence-electron chi connectivity index (χ1n) is 6.62. The predicted molar refractivity (Wildman–Crippen MR) is 80.3 cm³/mol. The third-order valence-corrected chi connectivity index (χ3v) is 3.86. The third-order valence-electron chi connectivity index (χ3n) is 3.61. The summed E-state index contributed by atoms with van der Waals surface area (Å²) in [5, 5.41) is 0.605. The Balaban J connectivity index is 1.96. The lowest BCUT2D eigenvalue weighted by Crippen LogP contribution is -2.31. The molecule has 2 amide bonds. The molecule has 4 nitrogen and oxygen atoms in total. The van der Waals surface area contributed by atoms with Gasteiger partial charge in [-0.05, 0) is 36.2 Å². The summed E-state index contributed by atoms with van der Waals surface area (Å²) in [5.74, 6) is -0.494. The molecule has 0 spiro atoms. The van der Waals surface area contributed by atoms with Crippen LogP contribution >= 0.6 is 11.6 Å². The zero-order chi connectivity index (χ0) is 15.0. The van der Waals surface area contributed by atoms with Crippen LogP contribution in [0.5, 0.6) is 0 Å². The van der Waals surface area contributed by atoms with E-state index in [1.165, 1.54) is 4.90 Å². The monoisotopic (exact) mass is 300 g/mol. The van der Waals surface area contributed by atoms with E-state index < -0.39 is 5.92 Å². The van der Waals surface area contributed by atoms with E-state index in [2.05, 4.69) is 4.98 Å². The number of pyridine rings is 1. The molecular weight excluding hydrogens is 288 g/mol. The van der Waals surface area contributed by atoms with Crippen molar-refractivity contribution in [3.8, 4) is 0 Å². The number of anilines is 1. The molecular formula is C16H13ClN2O2. The summed E-state index contributed by atoms with van der Waals surface area (Å²) in [5.41, 5.74) is 1.60. The van der Waals surface area contributed by atoms with Crippen molar-refractivity contribution in [2.24, 2.45) is 0 Å². The summed E-state index contributed by atoms with van der Waals surface area (Å²) in [6.07, 6.45) is 1.75. The number of amides is 2. The maximum Gasteiger partial charge on any atom is 0.243 e. The second-order valence-corrected chi connectivity index (χ2v) is 5.46. The van der Waals surface area contributed by atoms with Crippen LogP contribution in [0.3, 0.4) is 0 Å². The molecule has 1 fully saturated rings. The summed E-state index contributed by atoms with van der Waals surface area (Å²) >= 11 is 5.86. The minimum Gasteiger partial charge on any atom is -0.274 e. The van der Waals surface area contributed by atoms with Gasteiger partial charge in [0.2, 0.25) is 11.8 Å². The van der Waals surface area contributed by atoms with E-state index in [4.69, 9.17) is 11.6 Å². The standard InChI is InChI=1S/C16H13ClN2O2/c1-10-3-2-8-18-15(10)19-14(20)9-13(16(19)21)11-4-6-12(17)7-5-11/h2-8,13H,9H2,1H3. The fourth-order valence-electron chi connectivity index (χ4n) is 2.52. The maximum atomic E-state index is 12.6. The van der Waals surface area contributed by atoms with Gasteiger partial charge in [-0.15, -0.1) is 0 Å². The maximum absolute atomic E-state index is 12.6. The van der Waals surface area contributed by atoms with E-state index in [0.29, 0.717) is 10.8 Å². The SMILES string of the molecule is Cc1cccnc1N1C(=O)CC(c2ccc(Cl)cc2)C1=O. The molecule has 2 heterocycles. The zero-order valence-electron chi connectivity index (χ0n) is 11.4. The first-order valence-corrected chi connectivity index (χ1v) is 6.99. The van der Waals surface area contributed by atoms with Crippen molar-refractivity contribution in [1.82, 2.24) is 4.98 Å². The molecule has 3 rings (SSSR count). The number of carbonyl (C=O) groups excluding carboxylic acids is 2. The van der Waals surface area contributed by atoms with Gasteiger partial charge in [-0.1, -0.05) is 29.8 Å². The molecule has 0 radical (unpaired) electrons. The van der Waals surface area contributed by atoms with Gasteiger partial charge >= 0.3 is 0 Å². The van der Waals surface area contributed by atoms with Crippen molar-refractivity contribution in [1.29, 1.82) is 0 Å². The van der Waals surface area contributed by atoms with E-state index in [-0.39, 0.29) is 18.2 Å². The predicted octanol–water partition coefficient (Wildman–Crippen LogP) is 3.09. The Kier molecular flexibility index (Phi) is 3.47. The van der Waals surface area contributed by atoms with Gasteiger partial charge in [0.05, 0.1) is 5.92 Å². The van der Waals surface area contributed by atoms with E-state index in [9.17, 15) is 9.59 Å². The van der Waals surface area contributed by atoms with Gasteiger partial charge in [0.1, 0.15) is 5.82 Å². The Labute approximate surface area is 127 Å². The molecule has 2 aromatic rings. The van der Waals surface area contributed by atoms with Gasteiger partial charge in [0.15, 0.2) is 0 Å². The first kappa shape index (κ1) is 13.8. The highest BCUT2D eigenvalue weighted by Gasteiger charge is 2.41. The fourth-order valence-corrected chi connectivity index (χ4v) is 2.65. The van der Waals surface area contributed by atoms with Crippen LogP contribution in [0.4, 0.5) is 5.82 Å². The van der Waals surface area contributed by atoms with Gasteiger partial charge in [0, 0.05) is 17.6 Å². The van der Waals surface area contributed by atoms with Crippen molar-refractivity contribution in [3.63, 3.8) is 0 Å². The second-order valence-electron chi connectivity index (χ2n) is 5.02. The number of hydrogen-bond acceptors (Lipinski definition) is 3. The lowest BCUT2D eigenvalue weighted by Gasteiger charge is -2.16.